The molecule has 0 heterocycles. The summed E-state index contributed by atoms with van der Waals surface area (Å²) in [6, 6.07) is 6.88. The lowest BCUT2D eigenvalue weighted by atomic mass is 10.0. The fourth-order valence-corrected chi connectivity index (χ4v) is 2.46. The number of ketones is 1. The van der Waals surface area contributed by atoms with Gasteiger partial charge in [0.05, 0.1) is 19.3 Å². The summed E-state index contributed by atoms with van der Waals surface area (Å²) in [5.74, 6) is 0.0747. The molecule has 0 radical (unpaired) electrons. The first kappa shape index (κ1) is 18.1. The van der Waals surface area contributed by atoms with Gasteiger partial charge in [-0.2, -0.15) is 0 Å². The largest absolute Gasteiger partial charge is 0.383 e. The predicted molar refractivity (Wildman–Crippen MR) is 85.2 cm³/mol. The van der Waals surface area contributed by atoms with E-state index in [-0.39, 0.29) is 17.9 Å². The van der Waals surface area contributed by atoms with Crippen LogP contribution in [0.2, 0.25) is 5.02 Å². The molecule has 0 bridgehead atoms. The topological polar surface area (TPSA) is 38.8 Å². The van der Waals surface area contributed by atoms with Crippen LogP contribution in [0.5, 0.6) is 0 Å². The highest BCUT2D eigenvalue weighted by molar-refractivity contribution is 6.30. The third-order valence-electron chi connectivity index (χ3n) is 3.53. The van der Waals surface area contributed by atoms with Crippen molar-refractivity contribution in [2.24, 2.45) is 0 Å². The molecule has 0 aliphatic carbocycles. The van der Waals surface area contributed by atoms with Crippen LogP contribution >= 0.6 is 11.6 Å². The second kappa shape index (κ2) is 9.15. The molecule has 5 heteroatoms. The average Bonchev–Trinajstić information content (AvgIpc) is 2.47. The molecule has 0 fully saturated rings. The van der Waals surface area contributed by atoms with Crippen LogP contribution in [0.15, 0.2) is 24.3 Å². The van der Waals surface area contributed by atoms with Crippen LogP contribution in [0.3, 0.4) is 0 Å². The Kier molecular flexibility index (Phi) is 7.89. The zero-order chi connectivity index (χ0) is 15.8. The molecule has 2 unspecified atom stereocenters. The lowest BCUT2D eigenvalue weighted by Crippen LogP contribution is -2.47. The van der Waals surface area contributed by atoms with Crippen molar-refractivity contribution in [2.45, 2.75) is 25.9 Å². The van der Waals surface area contributed by atoms with Gasteiger partial charge in [0.1, 0.15) is 0 Å². The van der Waals surface area contributed by atoms with Gasteiger partial charge < -0.3 is 9.47 Å². The van der Waals surface area contributed by atoms with E-state index in [1.165, 1.54) is 0 Å². The molecule has 21 heavy (non-hydrogen) atoms. The molecule has 0 N–H and O–H groups in total. The number of carbonyl (C=O) groups excluding carboxylic acids is 1. The van der Waals surface area contributed by atoms with Crippen molar-refractivity contribution in [3.8, 4) is 0 Å². The Balaban J connectivity index is 2.84. The molecule has 0 spiro atoms. The number of Topliss-reactive ketones (excluding diaryl/α,β-unsaturated/α-hetero) is 1. The monoisotopic (exact) mass is 313 g/mol. The van der Waals surface area contributed by atoms with Crippen molar-refractivity contribution in [1.82, 2.24) is 4.90 Å². The summed E-state index contributed by atoms with van der Waals surface area (Å²) >= 11 is 5.86. The molecule has 2 atom stereocenters. The number of hydrogen-bond acceptors (Lipinski definition) is 4. The van der Waals surface area contributed by atoms with Crippen LogP contribution in [0.25, 0.3) is 0 Å². The van der Waals surface area contributed by atoms with Crippen molar-refractivity contribution < 1.29 is 14.3 Å². The Morgan fingerprint density at radius 1 is 1.19 bits per heavy atom. The molecule has 1 aromatic carbocycles. The quantitative estimate of drug-likeness (QED) is 0.657. The minimum Gasteiger partial charge on any atom is -0.383 e. The number of hydrogen-bond donors (Lipinski definition) is 0. The molecule has 0 amide bonds. The minimum atomic E-state index is -0.244. The van der Waals surface area contributed by atoms with Gasteiger partial charge in [-0.25, -0.2) is 0 Å². The Labute approximate surface area is 132 Å². The van der Waals surface area contributed by atoms with Gasteiger partial charge in [0.2, 0.25) is 0 Å². The maximum atomic E-state index is 12.6. The zero-order valence-corrected chi connectivity index (χ0v) is 13.9. The first-order valence-electron chi connectivity index (χ1n) is 7.04. The van der Waals surface area contributed by atoms with Gasteiger partial charge in [-0.1, -0.05) is 11.6 Å². The number of methoxy groups -OCH3 is 2. The number of ether oxygens (including phenoxy) is 2. The molecule has 0 saturated heterocycles. The van der Waals surface area contributed by atoms with E-state index >= 15 is 0 Å². The molecule has 0 aromatic heterocycles. The highest BCUT2D eigenvalue weighted by atomic mass is 35.5. The van der Waals surface area contributed by atoms with E-state index in [0.717, 1.165) is 0 Å². The van der Waals surface area contributed by atoms with Crippen LogP contribution in [0.4, 0.5) is 0 Å². The first-order chi connectivity index (χ1) is 10.0. The molecule has 118 valence electrons. The summed E-state index contributed by atoms with van der Waals surface area (Å²) in [5.41, 5.74) is 0.666. The third-order valence-corrected chi connectivity index (χ3v) is 3.79. The predicted octanol–water partition coefficient (Wildman–Crippen LogP) is 2.89. The van der Waals surface area contributed by atoms with Gasteiger partial charge in [-0.3, -0.25) is 9.69 Å². The molecule has 1 aromatic rings. The summed E-state index contributed by atoms with van der Waals surface area (Å²) < 4.78 is 10.3. The van der Waals surface area contributed by atoms with Crippen LogP contribution in [0.1, 0.15) is 24.2 Å². The fourth-order valence-electron chi connectivity index (χ4n) is 2.34. The van der Waals surface area contributed by atoms with E-state index in [1.807, 2.05) is 13.8 Å². The minimum absolute atomic E-state index is 0.0747. The lowest BCUT2D eigenvalue weighted by Gasteiger charge is -2.33. The summed E-state index contributed by atoms with van der Waals surface area (Å²) in [4.78, 5) is 14.7. The summed E-state index contributed by atoms with van der Waals surface area (Å²) in [5, 5.41) is 0.628. The molecule has 0 saturated carbocycles. The van der Waals surface area contributed by atoms with Crippen LogP contribution in [0, 0.1) is 0 Å². The summed E-state index contributed by atoms with van der Waals surface area (Å²) in [6.45, 7) is 5.79. The van der Waals surface area contributed by atoms with Gasteiger partial charge >= 0.3 is 0 Å². The SMILES string of the molecule is COCCN(C(C)COC)C(C)C(=O)c1ccc(Cl)cc1. The number of benzene rings is 1. The van der Waals surface area contributed by atoms with E-state index in [2.05, 4.69) is 4.90 Å². The van der Waals surface area contributed by atoms with Gasteiger partial charge in [0.15, 0.2) is 5.78 Å². The number of rotatable bonds is 9. The lowest BCUT2D eigenvalue weighted by molar-refractivity contribution is 0.0454. The number of nitrogens with zero attached hydrogens (tertiary/aromatic N) is 1. The average molecular weight is 314 g/mol. The second-order valence-electron chi connectivity index (χ2n) is 5.08. The molecule has 0 aliphatic heterocycles. The van der Waals surface area contributed by atoms with Crippen molar-refractivity contribution in [1.29, 1.82) is 0 Å². The Bertz CT molecular complexity index is 436. The smallest absolute Gasteiger partial charge is 0.179 e. The molecular formula is C16H24ClNO3. The standard InChI is InChI=1S/C16H24ClNO3/c1-12(11-21-4)18(9-10-20-3)13(2)16(19)14-5-7-15(17)8-6-14/h5-8,12-13H,9-11H2,1-4H3. The van der Waals surface area contributed by atoms with Crippen molar-refractivity contribution >= 4 is 17.4 Å². The van der Waals surface area contributed by atoms with Gasteiger partial charge in [-0.15, -0.1) is 0 Å². The van der Waals surface area contributed by atoms with E-state index in [0.29, 0.717) is 30.3 Å². The van der Waals surface area contributed by atoms with Crippen LogP contribution in [-0.4, -0.2) is 56.7 Å². The summed E-state index contributed by atoms with van der Waals surface area (Å²) in [6.07, 6.45) is 0. The highest BCUT2D eigenvalue weighted by Gasteiger charge is 2.26. The second-order valence-corrected chi connectivity index (χ2v) is 5.52. The highest BCUT2D eigenvalue weighted by Crippen LogP contribution is 2.15. The third kappa shape index (κ3) is 5.40. The van der Waals surface area contributed by atoms with Gasteiger partial charge in [-0.05, 0) is 38.1 Å². The molecule has 1 rings (SSSR count). The van der Waals surface area contributed by atoms with E-state index in [1.54, 1.807) is 38.5 Å². The van der Waals surface area contributed by atoms with Gasteiger partial charge in [0.25, 0.3) is 0 Å². The van der Waals surface area contributed by atoms with Crippen molar-refractivity contribution in [2.75, 3.05) is 34.0 Å². The zero-order valence-electron chi connectivity index (χ0n) is 13.1. The first-order valence-corrected chi connectivity index (χ1v) is 7.42. The maximum Gasteiger partial charge on any atom is 0.179 e. The maximum absolute atomic E-state index is 12.6. The van der Waals surface area contributed by atoms with E-state index in [9.17, 15) is 4.79 Å². The molecule has 4 nitrogen and oxygen atoms in total. The Morgan fingerprint density at radius 2 is 1.81 bits per heavy atom. The Hall–Kier alpha value is -0.940. The number of carbonyl (C=O) groups is 1. The van der Waals surface area contributed by atoms with E-state index in [4.69, 9.17) is 21.1 Å². The molecular weight excluding hydrogens is 290 g/mol. The van der Waals surface area contributed by atoms with Crippen molar-refractivity contribution in [3.63, 3.8) is 0 Å². The van der Waals surface area contributed by atoms with E-state index < -0.39 is 0 Å². The van der Waals surface area contributed by atoms with Crippen LogP contribution < -0.4 is 0 Å². The molecule has 0 aliphatic rings. The number of halogens is 1. The van der Waals surface area contributed by atoms with Crippen LogP contribution in [-0.2, 0) is 9.47 Å². The van der Waals surface area contributed by atoms with Crippen molar-refractivity contribution in [3.05, 3.63) is 34.9 Å². The fraction of sp³-hybridized carbons (Fsp3) is 0.562. The summed E-state index contributed by atoms with van der Waals surface area (Å²) in [7, 11) is 3.32. The Morgan fingerprint density at radius 3 is 2.33 bits per heavy atom. The van der Waals surface area contributed by atoms with Gasteiger partial charge in [0, 0.05) is 37.4 Å². The normalized spacial score (nSPS) is 14.2.